The van der Waals surface area contributed by atoms with Crippen LogP contribution in [0.15, 0.2) is 27.4 Å². The standard InChI is InChI=1S/C16H16F6N4O2.ClH/c17-12(18)11(15(19)3-5-23-6-4-15)24-10-7-8(13-25-26-14(27)28-13)1-2-9(10)16(20,21)22;/h1-2,7,11-12,23-24H,3-6H2,(H,26,27);1H. The molecule has 0 aliphatic carbocycles. The maximum atomic E-state index is 15.1. The summed E-state index contributed by atoms with van der Waals surface area (Å²) < 4.78 is 87.0. The molecule has 1 unspecified atom stereocenters. The van der Waals surface area contributed by atoms with Gasteiger partial charge in [0.2, 0.25) is 5.89 Å². The van der Waals surface area contributed by atoms with Crippen molar-refractivity contribution in [2.75, 3.05) is 18.4 Å². The van der Waals surface area contributed by atoms with E-state index >= 15 is 4.39 Å². The summed E-state index contributed by atoms with van der Waals surface area (Å²) in [5, 5.41) is 10.3. The second kappa shape index (κ2) is 8.66. The number of rotatable bonds is 5. The smallest absolute Gasteiger partial charge is 0.388 e. The molecule has 2 aromatic rings. The fourth-order valence-electron chi connectivity index (χ4n) is 3.14. The minimum absolute atomic E-state index is 0. The number of nitrogens with zero attached hydrogens (tertiary/aromatic N) is 1. The van der Waals surface area contributed by atoms with Gasteiger partial charge in [0.25, 0.3) is 6.43 Å². The molecule has 0 saturated carbocycles. The number of H-pyrrole nitrogens is 1. The number of piperidine rings is 1. The van der Waals surface area contributed by atoms with E-state index in [-0.39, 0.29) is 49.8 Å². The Morgan fingerprint density at radius 1 is 1.21 bits per heavy atom. The lowest BCUT2D eigenvalue weighted by Gasteiger charge is -2.38. The molecule has 3 rings (SSSR count). The van der Waals surface area contributed by atoms with Crippen LogP contribution in [0, 0.1) is 0 Å². The van der Waals surface area contributed by atoms with Crippen molar-refractivity contribution in [2.45, 2.75) is 37.2 Å². The number of halogens is 7. The van der Waals surface area contributed by atoms with Crippen LogP contribution in [0.4, 0.5) is 32.0 Å². The molecule has 0 spiro atoms. The highest BCUT2D eigenvalue weighted by Crippen LogP contribution is 2.40. The van der Waals surface area contributed by atoms with Gasteiger partial charge in [0.15, 0.2) is 0 Å². The number of aromatic nitrogens is 2. The normalized spacial score (nSPS) is 17.6. The lowest BCUT2D eigenvalue weighted by atomic mass is 9.86. The first kappa shape index (κ1) is 23.1. The fourth-order valence-corrected chi connectivity index (χ4v) is 3.14. The Morgan fingerprint density at radius 2 is 1.86 bits per heavy atom. The molecule has 1 aliphatic heterocycles. The number of nitrogens with one attached hydrogen (secondary N) is 3. The lowest BCUT2D eigenvalue weighted by Crippen LogP contribution is -2.53. The number of aromatic amines is 1. The van der Waals surface area contributed by atoms with Crippen molar-refractivity contribution in [1.82, 2.24) is 15.5 Å². The summed E-state index contributed by atoms with van der Waals surface area (Å²) in [4.78, 5) is 11.1. The average molecular weight is 447 g/mol. The molecule has 6 nitrogen and oxygen atoms in total. The van der Waals surface area contributed by atoms with E-state index in [9.17, 15) is 26.7 Å². The quantitative estimate of drug-likeness (QED) is 0.611. The Balaban J connectivity index is 0.00000300. The Bertz CT molecular complexity index is 879. The SMILES string of the molecule is Cl.O=c1[nH]nc(-c2ccc(C(F)(F)F)c(NC(C(F)F)C3(F)CCNCC3)c2)o1. The van der Waals surface area contributed by atoms with E-state index < -0.39 is 41.3 Å². The number of hydrogen-bond acceptors (Lipinski definition) is 5. The number of benzene rings is 1. The predicted octanol–water partition coefficient (Wildman–Crippen LogP) is 3.61. The van der Waals surface area contributed by atoms with E-state index in [0.717, 1.165) is 12.1 Å². The lowest BCUT2D eigenvalue weighted by molar-refractivity contribution is -0.137. The van der Waals surface area contributed by atoms with E-state index in [4.69, 9.17) is 0 Å². The zero-order valence-corrected chi connectivity index (χ0v) is 15.5. The first-order valence-corrected chi connectivity index (χ1v) is 8.31. The van der Waals surface area contributed by atoms with Crippen molar-refractivity contribution in [3.63, 3.8) is 0 Å². The van der Waals surface area contributed by atoms with Crippen LogP contribution in [0.25, 0.3) is 11.5 Å². The summed E-state index contributed by atoms with van der Waals surface area (Å²) in [6.07, 6.45) is -8.68. The molecule has 1 aromatic carbocycles. The predicted molar refractivity (Wildman–Crippen MR) is 94.2 cm³/mol. The van der Waals surface area contributed by atoms with Crippen molar-refractivity contribution >= 4 is 18.1 Å². The third-order valence-corrected chi connectivity index (χ3v) is 4.57. The second-order valence-electron chi connectivity index (χ2n) is 6.42. The van der Waals surface area contributed by atoms with Crippen LogP contribution >= 0.6 is 12.4 Å². The molecular formula is C16H17ClF6N4O2. The molecule has 1 atom stereocenters. The van der Waals surface area contributed by atoms with E-state index in [1.165, 1.54) is 0 Å². The van der Waals surface area contributed by atoms with Crippen molar-refractivity contribution in [2.24, 2.45) is 0 Å². The summed E-state index contributed by atoms with van der Waals surface area (Å²) in [5.41, 5.74) is -4.47. The first-order chi connectivity index (χ1) is 13.1. The minimum atomic E-state index is -4.88. The molecule has 1 fully saturated rings. The van der Waals surface area contributed by atoms with Gasteiger partial charge in [-0.2, -0.15) is 13.2 Å². The molecule has 13 heteroatoms. The van der Waals surface area contributed by atoms with Gasteiger partial charge >= 0.3 is 11.9 Å². The van der Waals surface area contributed by atoms with E-state index in [2.05, 4.69) is 20.1 Å². The largest absolute Gasteiger partial charge is 0.434 e. The highest BCUT2D eigenvalue weighted by Gasteiger charge is 2.46. The molecule has 0 amide bonds. The van der Waals surface area contributed by atoms with Gasteiger partial charge in [0, 0.05) is 11.3 Å². The summed E-state index contributed by atoms with van der Waals surface area (Å²) in [6, 6.07) is 0.293. The average Bonchev–Trinajstić information content (AvgIpc) is 3.05. The third-order valence-electron chi connectivity index (χ3n) is 4.57. The van der Waals surface area contributed by atoms with Gasteiger partial charge in [0.1, 0.15) is 11.7 Å². The third kappa shape index (κ3) is 5.04. The number of anilines is 1. The molecule has 162 valence electrons. The molecule has 29 heavy (non-hydrogen) atoms. The monoisotopic (exact) mass is 446 g/mol. The first-order valence-electron chi connectivity index (χ1n) is 8.31. The molecule has 3 N–H and O–H groups in total. The molecule has 1 aromatic heterocycles. The van der Waals surface area contributed by atoms with Gasteiger partial charge in [-0.25, -0.2) is 23.1 Å². The Hall–Kier alpha value is -2.21. The zero-order valence-electron chi connectivity index (χ0n) is 14.7. The Morgan fingerprint density at radius 3 is 2.38 bits per heavy atom. The van der Waals surface area contributed by atoms with Crippen LogP contribution in [0.3, 0.4) is 0 Å². The van der Waals surface area contributed by atoms with Gasteiger partial charge in [-0.15, -0.1) is 17.5 Å². The van der Waals surface area contributed by atoms with Crippen molar-refractivity contribution in [3.8, 4) is 11.5 Å². The molecule has 0 bridgehead atoms. The van der Waals surface area contributed by atoms with Crippen molar-refractivity contribution in [3.05, 3.63) is 34.3 Å². The maximum absolute atomic E-state index is 15.1. The van der Waals surface area contributed by atoms with Gasteiger partial charge in [0.05, 0.1) is 5.56 Å². The molecule has 2 heterocycles. The van der Waals surface area contributed by atoms with E-state index in [1.807, 2.05) is 5.10 Å². The highest BCUT2D eigenvalue weighted by molar-refractivity contribution is 5.85. The number of alkyl halides is 6. The van der Waals surface area contributed by atoms with Crippen LogP contribution < -0.4 is 16.4 Å². The molecule has 0 radical (unpaired) electrons. The maximum Gasteiger partial charge on any atom is 0.434 e. The fraction of sp³-hybridized carbons (Fsp3) is 0.500. The van der Waals surface area contributed by atoms with Crippen molar-refractivity contribution < 1.29 is 30.8 Å². The van der Waals surface area contributed by atoms with Gasteiger partial charge < -0.3 is 15.1 Å². The summed E-state index contributed by atoms with van der Waals surface area (Å²) in [7, 11) is 0. The number of hydrogen-bond donors (Lipinski definition) is 3. The van der Waals surface area contributed by atoms with Crippen LogP contribution in [-0.2, 0) is 6.18 Å². The van der Waals surface area contributed by atoms with Crippen LogP contribution in [0.5, 0.6) is 0 Å². The summed E-state index contributed by atoms with van der Waals surface area (Å²) >= 11 is 0. The molecular weight excluding hydrogens is 430 g/mol. The Kier molecular flexibility index (Phi) is 6.89. The summed E-state index contributed by atoms with van der Waals surface area (Å²) in [5.74, 6) is -1.26. The zero-order chi connectivity index (χ0) is 20.5. The van der Waals surface area contributed by atoms with E-state index in [1.54, 1.807) is 0 Å². The van der Waals surface area contributed by atoms with Crippen LogP contribution in [0.1, 0.15) is 18.4 Å². The van der Waals surface area contributed by atoms with Crippen LogP contribution in [0.2, 0.25) is 0 Å². The summed E-state index contributed by atoms with van der Waals surface area (Å²) in [6.45, 7) is 0.262. The van der Waals surface area contributed by atoms with Gasteiger partial charge in [-0.1, -0.05) is 0 Å². The molecule has 1 saturated heterocycles. The minimum Gasteiger partial charge on any atom is -0.388 e. The topological polar surface area (TPSA) is 83.0 Å². The second-order valence-corrected chi connectivity index (χ2v) is 6.42. The van der Waals surface area contributed by atoms with Crippen LogP contribution in [-0.4, -0.2) is 41.4 Å². The highest BCUT2D eigenvalue weighted by atomic mass is 35.5. The van der Waals surface area contributed by atoms with Gasteiger partial charge in [-0.05, 0) is 44.1 Å². The van der Waals surface area contributed by atoms with E-state index in [0.29, 0.717) is 6.07 Å². The Labute approximate surface area is 166 Å². The van der Waals surface area contributed by atoms with Gasteiger partial charge in [-0.3, -0.25) is 0 Å². The van der Waals surface area contributed by atoms with Crippen molar-refractivity contribution in [1.29, 1.82) is 0 Å². The molecule has 1 aliphatic rings.